The minimum Gasteiger partial charge on any atom is -0.456 e. The molecule has 0 atom stereocenters. The van der Waals surface area contributed by atoms with Crippen molar-refractivity contribution >= 4 is 71.6 Å². The van der Waals surface area contributed by atoms with Gasteiger partial charge in [0.1, 0.15) is 11.2 Å². The van der Waals surface area contributed by atoms with E-state index in [0.29, 0.717) is 0 Å². The molecule has 0 fully saturated rings. The largest absolute Gasteiger partial charge is 0.456 e. The Hall–Kier alpha value is -6.58. The fraction of sp³-hybridized carbons (Fsp3) is 0.0612. The summed E-state index contributed by atoms with van der Waals surface area (Å²) < 4.78 is 8.57. The minimum absolute atomic E-state index is 0.189. The Bertz CT molecular complexity index is 3070. The van der Waals surface area contributed by atoms with Crippen LogP contribution in [-0.4, -0.2) is 4.57 Å². The van der Waals surface area contributed by atoms with Gasteiger partial charge in [-0.15, -0.1) is 0 Å². The van der Waals surface area contributed by atoms with Crippen LogP contribution in [0.3, 0.4) is 0 Å². The molecule has 1 aliphatic rings. The maximum Gasteiger partial charge on any atom is 0.135 e. The normalized spacial score (nSPS) is 13.7. The summed E-state index contributed by atoms with van der Waals surface area (Å²) in [6.45, 7) is 4.73. The van der Waals surface area contributed by atoms with Gasteiger partial charge in [-0.25, -0.2) is 0 Å². The van der Waals surface area contributed by atoms with Crippen molar-refractivity contribution in [3.63, 3.8) is 0 Å². The Morgan fingerprint density at radius 2 is 1.10 bits per heavy atom. The second-order valence-electron chi connectivity index (χ2n) is 14.6. The number of rotatable bonds is 3. The molecule has 52 heavy (non-hydrogen) atoms. The van der Waals surface area contributed by atoms with Gasteiger partial charge >= 0.3 is 0 Å². The van der Waals surface area contributed by atoms with Crippen LogP contribution in [0.25, 0.3) is 71.3 Å². The van der Waals surface area contributed by atoms with Crippen molar-refractivity contribution in [2.24, 2.45) is 0 Å². The zero-order valence-corrected chi connectivity index (χ0v) is 29.0. The number of benzene rings is 8. The third-order valence-electron chi connectivity index (χ3n) is 11.3. The van der Waals surface area contributed by atoms with Crippen molar-refractivity contribution in [2.45, 2.75) is 19.3 Å². The zero-order valence-electron chi connectivity index (χ0n) is 29.0. The van der Waals surface area contributed by atoms with E-state index < -0.39 is 0 Å². The van der Waals surface area contributed by atoms with E-state index in [1.54, 1.807) is 0 Å². The van der Waals surface area contributed by atoms with Gasteiger partial charge in [-0.2, -0.15) is 0 Å². The third-order valence-corrected chi connectivity index (χ3v) is 11.3. The number of furan rings is 1. The van der Waals surface area contributed by atoms with Gasteiger partial charge in [0.2, 0.25) is 0 Å². The van der Waals surface area contributed by atoms with Crippen LogP contribution in [0, 0.1) is 0 Å². The van der Waals surface area contributed by atoms with Gasteiger partial charge in [-0.05, 0) is 106 Å². The highest BCUT2D eigenvalue weighted by atomic mass is 16.3. The monoisotopic (exact) mass is 666 g/mol. The topological polar surface area (TPSA) is 21.3 Å². The van der Waals surface area contributed by atoms with Crippen molar-refractivity contribution in [1.29, 1.82) is 0 Å². The average Bonchev–Trinajstić information content (AvgIpc) is 3.73. The molecule has 0 spiro atoms. The zero-order chi connectivity index (χ0) is 34.6. The molecule has 0 bridgehead atoms. The second-order valence-corrected chi connectivity index (χ2v) is 14.6. The smallest absolute Gasteiger partial charge is 0.135 e. The molecule has 0 unspecified atom stereocenters. The molecule has 1 aliphatic heterocycles. The van der Waals surface area contributed by atoms with E-state index in [-0.39, 0.29) is 5.41 Å². The van der Waals surface area contributed by atoms with Crippen LogP contribution in [0.2, 0.25) is 0 Å². The summed E-state index contributed by atoms with van der Waals surface area (Å²) in [6.07, 6.45) is 0. The van der Waals surface area contributed by atoms with E-state index in [2.05, 4.69) is 181 Å². The molecular weight excluding hydrogens is 633 g/mol. The Morgan fingerprint density at radius 1 is 0.423 bits per heavy atom. The molecule has 0 N–H and O–H groups in total. The molecule has 0 saturated heterocycles. The van der Waals surface area contributed by atoms with Crippen LogP contribution in [0.5, 0.6) is 0 Å². The summed E-state index contributed by atoms with van der Waals surface area (Å²) in [5.41, 5.74) is 13.8. The van der Waals surface area contributed by atoms with Gasteiger partial charge < -0.3 is 13.9 Å². The molecular formula is C49H34N2O. The number of nitrogens with zero attached hydrogens (tertiary/aromatic N) is 2. The van der Waals surface area contributed by atoms with Crippen molar-refractivity contribution in [3.05, 3.63) is 181 Å². The van der Waals surface area contributed by atoms with Crippen LogP contribution in [-0.2, 0) is 5.41 Å². The average molecular weight is 667 g/mol. The summed E-state index contributed by atoms with van der Waals surface area (Å²) in [6, 6.07) is 61.9. The van der Waals surface area contributed by atoms with Crippen molar-refractivity contribution in [1.82, 2.24) is 4.57 Å². The molecule has 8 aromatic carbocycles. The maximum atomic E-state index is 6.17. The molecule has 0 aliphatic carbocycles. The Morgan fingerprint density at radius 3 is 2.02 bits per heavy atom. The van der Waals surface area contributed by atoms with Gasteiger partial charge in [0.15, 0.2) is 0 Å². The molecule has 11 rings (SSSR count). The van der Waals surface area contributed by atoms with Gasteiger partial charge in [-0.3, -0.25) is 0 Å². The molecule has 246 valence electrons. The summed E-state index contributed by atoms with van der Waals surface area (Å²) in [5.74, 6) is 0. The molecule has 2 aromatic heterocycles. The van der Waals surface area contributed by atoms with Crippen LogP contribution < -0.4 is 4.90 Å². The van der Waals surface area contributed by atoms with Crippen molar-refractivity contribution in [3.8, 4) is 16.8 Å². The third kappa shape index (κ3) is 4.14. The standard InChI is InChI=1S/C49H34N2O/c1-49(2)41-15-7-9-17-45(41)51(35-22-19-31-11-3-4-12-32(31)27-35)46-25-21-34(29-42(46)49)33-20-24-44-39(28-33)37-13-5-8-16-43(37)50(44)36-23-26-48-40(30-36)38-14-6-10-18-47(38)52-48/h3-30H,1-2H3. The van der Waals surface area contributed by atoms with E-state index >= 15 is 0 Å². The van der Waals surface area contributed by atoms with Gasteiger partial charge in [0.05, 0.1) is 22.4 Å². The highest BCUT2D eigenvalue weighted by Crippen LogP contribution is 2.53. The lowest BCUT2D eigenvalue weighted by Gasteiger charge is -2.42. The maximum absolute atomic E-state index is 6.17. The van der Waals surface area contributed by atoms with E-state index in [4.69, 9.17) is 4.42 Å². The fourth-order valence-corrected chi connectivity index (χ4v) is 8.76. The predicted molar refractivity (Wildman–Crippen MR) is 218 cm³/mol. The lowest BCUT2D eigenvalue weighted by atomic mass is 9.73. The lowest BCUT2D eigenvalue weighted by Crippen LogP contribution is -2.30. The van der Waals surface area contributed by atoms with Gasteiger partial charge in [-0.1, -0.05) is 111 Å². The first-order valence-corrected chi connectivity index (χ1v) is 18.0. The number of aromatic nitrogens is 1. The summed E-state index contributed by atoms with van der Waals surface area (Å²) in [4.78, 5) is 2.45. The van der Waals surface area contributed by atoms with Crippen LogP contribution >= 0.6 is 0 Å². The number of para-hydroxylation sites is 3. The SMILES string of the molecule is CC1(C)c2ccccc2N(c2ccc3ccccc3c2)c2ccc(-c3ccc4c(c3)c3ccccc3n4-c3ccc4oc5ccccc5c4c3)cc21. The van der Waals surface area contributed by atoms with Crippen LogP contribution in [0.1, 0.15) is 25.0 Å². The first-order valence-electron chi connectivity index (χ1n) is 18.0. The van der Waals surface area contributed by atoms with Gasteiger partial charge in [0.25, 0.3) is 0 Å². The summed E-state index contributed by atoms with van der Waals surface area (Å²) >= 11 is 0. The second kappa shape index (κ2) is 10.7. The first-order chi connectivity index (χ1) is 25.5. The number of hydrogen-bond acceptors (Lipinski definition) is 2. The predicted octanol–water partition coefficient (Wildman–Crippen LogP) is 13.6. The Kier molecular flexibility index (Phi) is 6.01. The van der Waals surface area contributed by atoms with Crippen LogP contribution in [0.4, 0.5) is 17.1 Å². The minimum atomic E-state index is -0.189. The first kappa shape index (κ1) is 29.2. The molecule has 0 saturated carbocycles. The molecule has 3 heterocycles. The highest BCUT2D eigenvalue weighted by molar-refractivity contribution is 6.11. The molecule has 3 heteroatoms. The van der Waals surface area contributed by atoms with E-state index in [0.717, 1.165) is 27.6 Å². The number of fused-ring (bicyclic) bond motifs is 9. The Balaban J connectivity index is 1.08. The van der Waals surface area contributed by atoms with E-state index in [9.17, 15) is 0 Å². The quantitative estimate of drug-likeness (QED) is 0.187. The number of hydrogen-bond donors (Lipinski definition) is 0. The molecule has 0 amide bonds. The summed E-state index contributed by atoms with van der Waals surface area (Å²) in [5, 5.41) is 7.24. The highest BCUT2D eigenvalue weighted by Gasteiger charge is 2.37. The van der Waals surface area contributed by atoms with Crippen molar-refractivity contribution < 1.29 is 4.42 Å². The lowest BCUT2D eigenvalue weighted by molar-refractivity contribution is 0.632. The van der Waals surface area contributed by atoms with Crippen LogP contribution in [0.15, 0.2) is 174 Å². The van der Waals surface area contributed by atoms with E-state index in [1.165, 1.54) is 71.9 Å². The Labute approximate surface area is 301 Å². The molecule has 0 radical (unpaired) electrons. The molecule has 3 nitrogen and oxygen atoms in total. The fourth-order valence-electron chi connectivity index (χ4n) is 8.76. The number of anilines is 3. The van der Waals surface area contributed by atoms with E-state index in [1.807, 2.05) is 12.1 Å². The van der Waals surface area contributed by atoms with Gasteiger partial charge in [0, 0.05) is 38.3 Å². The molecule has 10 aromatic rings. The van der Waals surface area contributed by atoms with Crippen molar-refractivity contribution in [2.75, 3.05) is 4.90 Å². The summed E-state index contributed by atoms with van der Waals surface area (Å²) in [7, 11) is 0.